The second-order valence-corrected chi connectivity index (χ2v) is 8.57. The van der Waals surface area contributed by atoms with Crippen LogP contribution in [0.4, 0.5) is 9.59 Å². The summed E-state index contributed by atoms with van der Waals surface area (Å²) < 4.78 is 12.8. The number of rotatable bonds is 4. The molecule has 0 unspecified atom stereocenters. The highest BCUT2D eigenvalue weighted by Crippen LogP contribution is 2.27. The van der Waals surface area contributed by atoms with Gasteiger partial charge in [-0.2, -0.15) is 0 Å². The van der Waals surface area contributed by atoms with Crippen molar-refractivity contribution >= 4 is 23.1 Å². The van der Waals surface area contributed by atoms with Crippen molar-refractivity contribution in [2.45, 2.75) is 45.4 Å². The van der Waals surface area contributed by atoms with Gasteiger partial charge in [0.2, 0.25) is 0 Å². The number of amides is 2. The molecule has 2 aromatic carbocycles. The van der Waals surface area contributed by atoms with Crippen LogP contribution in [-0.2, 0) is 22.4 Å². The summed E-state index contributed by atoms with van der Waals surface area (Å²) in [4.78, 5) is 25.9. The first-order valence-corrected chi connectivity index (χ1v) is 10.1. The van der Waals surface area contributed by atoms with Gasteiger partial charge in [0.1, 0.15) is 12.2 Å². The fraction of sp³-hybridized carbons (Fsp3) is 0.333. The van der Waals surface area contributed by atoms with Gasteiger partial charge in [-0.15, -0.1) is 0 Å². The van der Waals surface area contributed by atoms with Crippen LogP contribution in [0.3, 0.4) is 0 Å². The SMILES string of the molecule is CC(C)(C)OC(=O)N1C(=O)OC[C@@H]1Cc1cn(Cc2ccccc2)c2ccccc12. The number of cyclic esters (lactones) is 1. The van der Waals surface area contributed by atoms with Gasteiger partial charge in [-0.25, -0.2) is 14.5 Å². The van der Waals surface area contributed by atoms with Crippen molar-refractivity contribution in [2.75, 3.05) is 6.61 Å². The zero-order valence-electron chi connectivity index (χ0n) is 17.5. The fourth-order valence-corrected chi connectivity index (χ4v) is 3.80. The molecule has 4 rings (SSSR count). The maximum Gasteiger partial charge on any atom is 0.420 e. The standard InChI is InChI=1S/C24H26N2O4/c1-24(2,3)30-23(28)26-19(16-29-22(26)27)13-18-15-25(14-17-9-5-4-6-10-17)21-12-8-7-11-20(18)21/h4-12,15,19H,13-14,16H2,1-3H3/t19-/m0/s1. The highest BCUT2D eigenvalue weighted by Gasteiger charge is 2.40. The monoisotopic (exact) mass is 406 g/mol. The van der Waals surface area contributed by atoms with Gasteiger partial charge in [-0.1, -0.05) is 48.5 Å². The van der Waals surface area contributed by atoms with Crippen molar-refractivity contribution in [3.05, 3.63) is 71.9 Å². The van der Waals surface area contributed by atoms with Crippen molar-refractivity contribution in [1.82, 2.24) is 9.47 Å². The number of carbonyl (C=O) groups excluding carboxylic acids is 2. The Morgan fingerprint density at radius 2 is 1.80 bits per heavy atom. The lowest BCUT2D eigenvalue weighted by atomic mass is 10.1. The van der Waals surface area contributed by atoms with Crippen LogP contribution in [0.25, 0.3) is 10.9 Å². The average molecular weight is 406 g/mol. The molecule has 2 heterocycles. The largest absolute Gasteiger partial charge is 0.447 e. The molecule has 0 N–H and O–H groups in total. The molecule has 6 heteroatoms. The van der Waals surface area contributed by atoms with Crippen LogP contribution < -0.4 is 0 Å². The summed E-state index contributed by atoms with van der Waals surface area (Å²) in [6.45, 7) is 6.24. The van der Waals surface area contributed by atoms with Crippen LogP contribution >= 0.6 is 0 Å². The number of benzene rings is 2. The number of ether oxygens (including phenoxy) is 2. The molecule has 0 bridgehead atoms. The second-order valence-electron chi connectivity index (χ2n) is 8.57. The molecule has 1 aliphatic heterocycles. The summed E-state index contributed by atoms with van der Waals surface area (Å²) in [5.74, 6) is 0. The fourth-order valence-electron chi connectivity index (χ4n) is 3.80. The number of fused-ring (bicyclic) bond motifs is 1. The van der Waals surface area contributed by atoms with Gasteiger partial charge in [-0.05, 0) is 44.4 Å². The summed E-state index contributed by atoms with van der Waals surface area (Å²) in [6.07, 6.45) is 1.30. The normalized spacial score (nSPS) is 16.7. The Balaban J connectivity index is 1.62. The predicted octanol–water partition coefficient (Wildman–Crippen LogP) is 4.99. The maximum atomic E-state index is 12.6. The van der Waals surface area contributed by atoms with E-state index in [0.717, 1.165) is 27.9 Å². The first kappa shape index (κ1) is 20.0. The molecule has 0 radical (unpaired) electrons. The third-order valence-corrected chi connectivity index (χ3v) is 5.07. The number of hydrogen-bond donors (Lipinski definition) is 0. The van der Waals surface area contributed by atoms with Crippen LogP contribution in [0.5, 0.6) is 0 Å². The molecule has 0 saturated carbocycles. The predicted molar refractivity (Wildman–Crippen MR) is 114 cm³/mol. The molecule has 0 spiro atoms. The third-order valence-electron chi connectivity index (χ3n) is 5.07. The number of nitrogens with zero attached hydrogens (tertiary/aromatic N) is 2. The molecule has 3 aromatic rings. The first-order valence-electron chi connectivity index (χ1n) is 10.1. The van der Waals surface area contributed by atoms with Crippen LogP contribution in [0.1, 0.15) is 31.9 Å². The van der Waals surface area contributed by atoms with Gasteiger partial charge in [0, 0.05) is 23.6 Å². The first-order chi connectivity index (χ1) is 14.3. The lowest BCUT2D eigenvalue weighted by molar-refractivity contribution is 0.0292. The molecule has 1 saturated heterocycles. The van der Waals surface area contributed by atoms with Gasteiger partial charge >= 0.3 is 12.2 Å². The molecule has 6 nitrogen and oxygen atoms in total. The lowest BCUT2D eigenvalue weighted by Gasteiger charge is -2.25. The minimum absolute atomic E-state index is 0.163. The topological polar surface area (TPSA) is 60.8 Å². The van der Waals surface area contributed by atoms with Gasteiger partial charge < -0.3 is 14.0 Å². The summed E-state index contributed by atoms with van der Waals surface area (Å²) >= 11 is 0. The van der Waals surface area contributed by atoms with E-state index in [4.69, 9.17) is 9.47 Å². The van der Waals surface area contributed by atoms with Gasteiger partial charge in [0.25, 0.3) is 0 Å². The van der Waals surface area contributed by atoms with Crippen molar-refractivity contribution in [3.63, 3.8) is 0 Å². The van der Waals surface area contributed by atoms with E-state index in [0.29, 0.717) is 6.42 Å². The lowest BCUT2D eigenvalue weighted by Crippen LogP contribution is -2.43. The van der Waals surface area contributed by atoms with E-state index < -0.39 is 23.8 Å². The Kier molecular flexibility index (Phi) is 5.24. The van der Waals surface area contributed by atoms with Crippen molar-refractivity contribution in [3.8, 4) is 0 Å². The van der Waals surface area contributed by atoms with E-state index in [2.05, 4.69) is 35.0 Å². The van der Waals surface area contributed by atoms with Gasteiger partial charge in [-0.3, -0.25) is 0 Å². The van der Waals surface area contributed by atoms with Crippen molar-refractivity contribution < 1.29 is 19.1 Å². The highest BCUT2D eigenvalue weighted by molar-refractivity contribution is 5.90. The molecule has 1 aliphatic rings. The molecular weight excluding hydrogens is 380 g/mol. The smallest absolute Gasteiger partial charge is 0.420 e. The molecule has 2 amide bonds. The number of imide groups is 1. The molecule has 30 heavy (non-hydrogen) atoms. The van der Waals surface area contributed by atoms with Gasteiger partial charge in [0.05, 0.1) is 6.04 Å². The van der Waals surface area contributed by atoms with Crippen molar-refractivity contribution in [1.29, 1.82) is 0 Å². The Labute approximate surface area is 176 Å². The Bertz CT molecular complexity index is 1070. The number of para-hydroxylation sites is 1. The third kappa shape index (κ3) is 4.17. The molecule has 1 aromatic heterocycles. The number of carbonyl (C=O) groups is 2. The quantitative estimate of drug-likeness (QED) is 0.613. The maximum absolute atomic E-state index is 12.6. The average Bonchev–Trinajstić information content (AvgIpc) is 3.22. The van der Waals surface area contributed by atoms with Crippen molar-refractivity contribution in [2.24, 2.45) is 0 Å². The van der Waals surface area contributed by atoms with Crippen LogP contribution in [-0.4, -0.2) is 39.9 Å². The van der Waals surface area contributed by atoms with Crippen LogP contribution in [0.2, 0.25) is 0 Å². The molecular formula is C24H26N2O4. The van der Waals surface area contributed by atoms with E-state index in [9.17, 15) is 9.59 Å². The minimum atomic E-state index is -0.684. The molecule has 1 fully saturated rings. The Hall–Kier alpha value is -3.28. The zero-order chi connectivity index (χ0) is 21.3. The van der Waals surface area contributed by atoms with Crippen LogP contribution in [0, 0.1) is 0 Å². The Morgan fingerprint density at radius 1 is 1.10 bits per heavy atom. The molecule has 0 aliphatic carbocycles. The van der Waals surface area contributed by atoms with E-state index in [1.54, 1.807) is 20.8 Å². The minimum Gasteiger partial charge on any atom is -0.447 e. The Morgan fingerprint density at radius 3 is 2.53 bits per heavy atom. The zero-order valence-corrected chi connectivity index (χ0v) is 17.5. The van der Waals surface area contributed by atoms with E-state index in [1.807, 2.05) is 30.3 Å². The van der Waals surface area contributed by atoms with Crippen LogP contribution in [0.15, 0.2) is 60.8 Å². The van der Waals surface area contributed by atoms with Gasteiger partial charge in [0.15, 0.2) is 0 Å². The summed E-state index contributed by atoms with van der Waals surface area (Å²) in [5.41, 5.74) is 2.71. The molecule has 1 atom stereocenters. The number of aromatic nitrogens is 1. The van der Waals surface area contributed by atoms with E-state index in [-0.39, 0.29) is 6.61 Å². The summed E-state index contributed by atoms with van der Waals surface area (Å²) in [6, 6.07) is 18.0. The second kappa shape index (κ2) is 7.86. The van der Waals surface area contributed by atoms with E-state index in [1.165, 1.54) is 5.56 Å². The number of hydrogen-bond acceptors (Lipinski definition) is 4. The summed E-state index contributed by atoms with van der Waals surface area (Å²) in [5, 5.41) is 1.11. The van der Waals surface area contributed by atoms with E-state index >= 15 is 0 Å². The highest BCUT2D eigenvalue weighted by atomic mass is 16.6. The summed E-state index contributed by atoms with van der Waals surface area (Å²) in [7, 11) is 0. The molecule has 156 valence electrons.